The van der Waals surface area contributed by atoms with Gasteiger partial charge in [-0.25, -0.2) is 4.98 Å². The molecule has 1 heterocycles. The first-order valence-electron chi connectivity index (χ1n) is 5.62. The van der Waals surface area contributed by atoms with Gasteiger partial charge in [-0.15, -0.1) is 11.3 Å². The number of nitrogens with zero attached hydrogens (tertiary/aromatic N) is 2. The zero-order valence-corrected chi connectivity index (χ0v) is 12.4. The molecule has 0 aliphatic carbocycles. The lowest BCUT2D eigenvalue weighted by molar-refractivity contribution is -0.404. The highest BCUT2D eigenvalue weighted by Gasteiger charge is 2.01. The van der Waals surface area contributed by atoms with E-state index in [-0.39, 0.29) is 0 Å². The maximum atomic E-state index is 10.3. The van der Waals surface area contributed by atoms with Crippen molar-refractivity contribution < 1.29 is 4.92 Å². The molecule has 0 saturated heterocycles. The smallest absolute Gasteiger partial charge is 0.274 e. The second-order valence-corrected chi connectivity index (χ2v) is 5.41. The van der Waals surface area contributed by atoms with E-state index < -0.39 is 4.92 Å². The van der Waals surface area contributed by atoms with Crippen LogP contribution < -0.4 is 16.0 Å². The molecular weight excluding hydrogens is 286 g/mol. The fourth-order valence-electron chi connectivity index (χ4n) is 1.23. The van der Waals surface area contributed by atoms with Crippen LogP contribution in [0, 0.1) is 10.1 Å². The van der Waals surface area contributed by atoms with Gasteiger partial charge in [-0.1, -0.05) is 0 Å². The molecule has 0 aliphatic rings. The lowest BCUT2D eigenvalue weighted by Gasteiger charge is -2.06. The molecule has 0 atom stereocenters. The molecule has 0 unspecified atom stereocenters. The highest BCUT2D eigenvalue weighted by molar-refractivity contribution is 7.98. The summed E-state index contributed by atoms with van der Waals surface area (Å²) >= 11 is 3.31. The molecule has 0 aliphatic heterocycles. The predicted octanol–water partition coefficient (Wildman–Crippen LogP) is 1.30. The minimum absolute atomic E-state index is 0.414. The van der Waals surface area contributed by atoms with Crippen LogP contribution in [0.2, 0.25) is 0 Å². The number of nitrogens with one attached hydrogen (secondary N) is 3. The van der Waals surface area contributed by atoms with E-state index in [1.54, 1.807) is 30.1 Å². The second kappa shape index (κ2) is 8.59. The van der Waals surface area contributed by atoms with Gasteiger partial charge < -0.3 is 16.0 Å². The Morgan fingerprint density at radius 3 is 3.00 bits per heavy atom. The van der Waals surface area contributed by atoms with Crippen molar-refractivity contribution in [2.24, 2.45) is 0 Å². The van der Waals surface area contributed by atoms with Gasteiger partial charge in [0.15, 0.2) is 11.0 Å². The van der Waals surface area contributed by atoms with Crippen LogP contribution in [0.5, 0.6) is 0 Å². The first-order chi connectivity index (χ1) is 9.15. The Balaban J connectivity index is 2.18. The summed E-state index contributed by atoms with van der Waals surface area (Å²) in [6, 6.07) is 0. The average molecular weight is 303 g/mol. The summed E-state index contributed by atoms with van der Waals surface area (Å²) in [7, 11) is 3.49. The summed E-state index contributed by atoms with van der Waals surface area (Å²) in [6.45, 7) is 0.661. The average Bonchev–Trinajstić information content (AvgIpc) is 2.84. The van der Waals surface area contributed by atoms with Crippen molar-refractivity contribution in [2.45, 2.75) is 5.75 Å². The van der Waals surface area contributed by atoms with E-state index in [1.807, 2.05) is 12.4 Å². The predicted molar refractivity (Wildman–Crippen MR) is 80.0 cm³/mol. The van der Waals surface area contributed by atoms with Gasteiger partial charge in [-0.3, -0.25) is 10.1 Å². The van der Waals surface area contributed by atoms with Crippen molar-refractivity contribution in [3.8, 4) is 0 Å². The molecule has 1 aromatic heterocycles. The SMILES string of the molecule is CNC(=C[N+](=O)[O-])NCCSCc1csc(NC)n1. The summed E-state index contributed by atoms with van der Waals surface area (Å²) in [5, 5.41) is 21.9. The van der Waals surface area contributed by atoms with E-state index in [2.05, 4.69) is 20.9 Å². The molecule has 0 radical (unpaired) electrons. The highest BCUT2D eigenvalue weighted by atomic mass is 32.2. The number of rotatable bonds is 9. The number of anilines is 1. The maximum absolute atomic E-state index is 10.3. The Kier molecular flexibility index (Phi) is 7.04. The minimum Gasteiger partial charge on any atom is -0.370 e. The zero-order valence-electron chi connectivity index (χ0n) is 10.8. The number of nitro groups is 1. The van der Waals surface area contributed by atoms with Crippen molar-refractivity contribution in [3.05, 3.63) is 33.2 Å². The van der Waals surface area contributed by atoms with Crippen LogP contribution in [0.1, 0.15) is 5.69 Å². The van der Waals surface area contributed by atoms with Crippen LogP contribution in [-0.2, 0) is 5.75 Å². The first kappa shape index (κ1) is 15.6. The topological polar surface area (TPSA) is 92.1 Å². The molecule has 3 N–H and O–H groups in total. The largest absolute Gasteiger partial charge is 0.370 e. The van der Waals surface area contributed by atoms with Crippen LogP contribution in [0.4, 0.5) is 5.13 Å². The van der Waals surface area contributed by atoms with E-state index in [1.165, 1.54) is 0 Å². The highest BCUT2D eigenvalue weighted by Crippen LogP contribution is 2.18. The van der Waals surface area contributed by atoms with Gasteiger partial charge >= 0.3 is 0 Å². The number of thiazole rings is 1. The molecule has 0 spiro atoms. The molecule has 9 heteroatoms. The summed E-state index contributed by atoms with van der Waals surface area (Å²) in [4.78, 5) is 14.2. The van der Waals surface area contributed by atoms with Crippen LogP contribution in [0.25, 0.3) is 0 Å². The van der Waals surface area contributed by atoms with Crippen LogP contribution >= 0.6 is 23.1 Å². The van der Waals surface area contributed by atoms with Gasteiger partial charge in [0.2, 0.25) is 0 Å². The van der Waals surface area contributed by atoms with E-state index in [9.17, 15) is 10.1 Å². The van der Waals surface area contributed by atoms with Crippen LogP contribution in [0.3, 0.4) is 0 Å². The Morgan fingerprint density at radius 1 is 1.63 bits per heavy atom. The Hall–Kier alpha value is -1.48. The maximum Gasteiger partial charge on any atom is 0.274 e. The van der Waals surface area contributed by atoms with Crippen molar-refractivity contribution >= 4 is 28.2 Å². The third-order valence-electron chi connectivity index (χ3n) is 2.08. The molecule has 0 saturated carbocycles. The molecule has 19 heavy (non-hydrogen) atoms. The lowest BCUT2D eigenvalue weighted by atomic mass is 10.6. The molecular formula is C10H17N5O2S2. The molecule has 106 valence electrons. The van der Waals surface area contributed by atoms with E-state index in [0.29, 0.717) is 12.4 Å². The van der Waals surface area contributed by atoms with Gasteiger partial charge in [0.1, 0.15) is 0 Å². The molecule has 1 aromatic rings. The standard InChI is InChI=1S/C10H17N5O2S2/c1-11-9(5-15(16)17)13-3-4-18-6-8-7-19-10(12-2)14-8/h5,7,11,13H,3-4,6H2,1-2H3,(H,12,14). The Bertz CT molecular complexity index is 435. The molecule has 0 aromatic carbocycles. The Morgan fingerprint density at radius 2 is 2.42 bits per heavy atom. The van der Waals surface area contributed by atoms with Gasteiger partial charge in [-0.2, -0.15) is 11.8 Å². The number of hydrogen-bond donors (Lipinski definition) is 3. The van der Waals surface area contributed by atoms with Gasteiger partial charge in [0.25, 0.3) is 6.20 Å². The summed E-state index contributed by atoms with van der Waals surface area (Å²) in [6.07, 6.45) is 0.921. The van der Waals surface area contributed by atoms with Crippen LogP contribution in [-0.4, -0.2) is 36.3 Å². The molecule has 0 fully saturated rings. The minimum atomic E-state index is -0.486. The normalized spacial score (nSPS) is 11.2. The lowest BCUT2D eigenvalue weighted by Crippen LogP contribution is -2.26. The molecule has 1 rings (SSSR count). The zero-order chi connectivity index (χ0) is 14.1. The number of hydrogen-bond acceptors (Lipinski definition) is 8. The van der Waals surface area contributed by atoms with E-state index in [4.69, 9.17) is 0 Å². The van der Waals surface area contributed by atoms with Gasteiger partial charge in [0, 0.05) is 37.5 Å². The van der Waals surface area contributed by atoms with Crippen molar-refractivity contribution in [2.75, 3.05) is 31.7 Å². The monoisotopic (exact) mass is 303 g/mol. The summed E-state index contributed by atoms with van der Waals surface area (Å²) in [5.74, 6) is 2.10. The number of aromatic nitrogens is 1. The van der Waals surface area contributed by atoms with Crippen LogP contribution in [0.15, 0.2) is 17.4 Å². The third kappa shape index (κ3) is 6.30. The summed E-state index contributed by atoms with van der Waals surface area (Å²) < 4.78 is 0. The fourth-order valence-corrected chi connectivity index (χ4v) is 2.75. The van der Waals surface area contributed by atoms with Crippen molar-refractivity contribution in [1.29, 1.82) is 0 Å². The second-order valence-electron chi connectivity index (χ2n) is 3.45. The van der Waals surface area contributed by atoms with Gasteiger partial charge in [-0.05, 0) is 0 Å². The molecule has 0 amide bonds. The Labute approximate surface area is 120 Å². The summed E-state index contributed by atoms with van der Waals surface area (Å²) in [5.41, 5.74) is 1.05. The van der Waals surface area contributed by atoms with Crippen molar-refractivity contribution in [1.82, 2.24) is 15.6 Å². The fraction of sp³-hybridized carbons (Fsp3) is 0.500. The van der Waals surface area contributed by atoms with E-state index in [0.717, 1.165) is 28.5 Å². The van der Waals surface area contributed by atoms with E-state index >= 15 is 0 Å². The van der Waals surface area contributed by atoms with Crippen molar-refractivity contribution in [3.63, 3.8) is 0 Å². The molecule has 0 bridgehead atoms. The molecule has 7 nitrogen and oxygen atoms in total. The first-order valence-corrected chi connectivity index (χ1v) is 7.66. The van der Waals surface area contributed by atoms with Gasteiger partial charge in [0.05, 0.1) is 10.6 Å². The quantitative estimate of drug-likeness (QED) is 0.360. The third-order valence-corrected chi connectivity index (χ3v) is 3.98. The number of thioether (sulfide) groups is 1.